The van der Waals surface area contributed by atoms with E-state index in [-0.39, 0.29) is 10.9 Å². The molecule has 0 aliphatic carbocycles. The van der Waals surface area contributed by atoms with Crippen molar-refractivity contribution in [1.29, 1.82) is 0 Å². The van der Waals surface area contributed by atoms with E-state index >= 15 is 0 Å². The van der Waals surface area contributed by atoms with Gasteiger partial charge in [-0.25, -0.2) is 18.4 Å². The Morgan fingerprint density at radius 3 is 2.39 bits per heavy atom. The van der Waals surface area contributed by atoms with Crippen LogP contribution >= 0.6 is 0 Å². The van der Waals surface area contributed by atoms with Crippen molar-refractivity contribution >= 4 is 21.7 Å². The van der Waals surface area contributed by atoms with Crippen molar-refractivity contribution in [2.24, 2.45) is 0 Å². The zero-order chi connectivity index (χ0) is 22.0. The molecule has 1 N–H and O–H groups in total. The Labute approximate surface area is 182 Å². The molecule has 1 aliphatic rings. The van der Waals surface area contributed by atoms with Crippen LogP contribution < -0.4 is 10.1 Å². The van der Waals surface area contributed by atoms with Gasteiger partial charge in [-0.3, -0.25) is 4.98 Å². The summed E-state index contributed by atoms with van der Waals surface area (Å²) in [4.78, 5) is 13.5. The van der Waals surface area contributed by atoms with Crippen LogP contribution in [0.5, 0.6) is 5.75 Å². The normalized spacial score (nSPS) is 16.9. The smallest absolute Gasteiger partial charge is 0.243 e. The first-order valence-electron chi connectivity index (χ1n) is 10.1. The molecule has 1 fully saturated rings. The lowest BCUT2D eigenvalue weighted by molar-refractivity contribution is 0.390. The molecular formula is C22H25N5O3S. The lowest BCUT2D eigenvalue weighted by Gasteiger charge is -2.24. The largest absolute Gasteiger partial charge is 0.497 e. The minimum absolute atomic E-state index is 0.255. The quantitative estimate of drug-likeness (QED) is 0.624. The van der Waals surface area contributed by atoms with Gasteiger partial charge in [0.1, 0.15) is 5.75 Å². The fourth-order valence-corrected chi connectivity index (χ4v) is 5.46. The lowest BCUT2D eigenvalue weighted by Crippen LogP contribution is -2.31. The maximum absolute atomic E-state index is 13.2. The Bertz CT molecular complexity index is 1140. The van der Waals surface area contributed by atoms with Gasteiger partial charge in [-0.05, 0) is 69.2 Å². The van der Waals surface area contributed by atoms with Crippen LogP contribution in [0, 0.1) is 13.8 Å². The van der Waals surface area contributed by atoms with Crippen LogP contribution in [-0.4, -0.2) is 41.3 Å². The first-order chi connectivity index (χ1) is 14.9. The minimum Gasteiger partial charge on any atom is -0.497 e. The minimum atomic E-state index is -3.63. The number of nitrogens with zero attached hydrogens (tertiary/aromatic N) is 4. The molecule has 1 aliphatic heterocycles. The molecule has 1 saturated heterocycles. The predicted octanol–water partition coefficient (Wildman–Crippen LogP) is 3.77. The Balaban J connectivity index is 1.54. The van der Waals surface area contributed by atoms with Crippen LogP contribution in [0.4, 0.5) is 11.6 Å². The third kappa shape index (κ3) is 4.52. The van der Waals surface area contributed by atoms with Crippen LogP contribution in [0.3, 0.4) is 0 Å². The van der Waals surface area contributed by atoms with Crippen molar-refractivity contribution in [3.05, 3.63) is 65.7 Å². The molecule has 162 valence electrons. The summed E-state index contributed by atoms with van der Waals surface area (Å²) in [6.45, 7) is 4.30. The van der Waals surface area contributed by atoms with E-state index in [0.717, 1.165) is 35.6 Å². The number of anilines is 2. The molecule has 3 heterocycles. The summed E-state index contributed by atoms with van der Waals surface area (Å²) in [5, 5.41) is 3.15. The van der Waals surface area contributed by atoms with Crippen LogP contribution in [0.25, 0.3) is 0 Å². The zero-order valence-corrected chi connectivity index (χ0v) is 18.6. The summed E-state index contributed by atoms with van der Waals surface area (Å²) in [6.07, 6.45) is 3.21. The molecule has 0 amide bonds. The van der Waals surface area contributed by atoms with Gasteiger partial charge in [0.05, 0.1) is 35.6 Å². The van der Waals surface area contributed by atoms with E-state index in [1.165, 1.54) is 4.31 Å². The van der Waals surface area contributed by atoms with Crippen LogP contribution in [0.15, 0.2) is 53.6 Å². The monoisotopic (exact) mass is 439 g/mol. The maximum atomic E-state index is 13.2. The molecule has 1 unspecified atom stereocenters. The average molecular weight is 440 g/mol. The predicted molar refractivity (Wildman–Crippen MR) is 118 cm³/mol. The molecule has 0 radical (unpaired) electrons. The van der Waals surface area contributed by atoms with Crippen LogP contribution in [0.1, 0.15) is 36.0 Å². The van der Waals surface area contributed by atoms with E-state index in [9.17, 15) is 8.42 Å². The number of hydrogen-bond donors (Lipinski definition) is 1. The summed E-state index contributed by atoms with van der Waals surface area (Å²) in [5.74, 6) is 1.13. The molecule has 0 spiro atoms. The number of hydrogen-bond acceptors (Lipinski definition) is 7. The Morgan fingerprint density at radius 2 is 1.77 bits per heavy atom. The van der Waals surface area contributed by atoms with Crippen molar-refractivity contribution < 1.29 is 13.2 Å². The number of ether oxygens (including phenoxy) is 1. The number of aryl methyl sites for hydroxylation is 2. The van der Waals surface area contributed by atoms with E-state index in [1.807, 2.05) is 32.0 Å². The molecule has 1 aromatic carbocycles. The summed E-state index contributed by atoms with van der Waals surface area (Å²) >= 11 is 0. The number of benzene rings is 1. The molecule has 9 heteroatoms. The molecular weight excluding hydrogens is 414 g/mol. The average Bonchev–Trinajstić information content (AvgIpc) is 3.24. The molecule has 0 bridgehead atoms. The Hall–Kier alpha value is -3.04. The van der Waals surface area contributed by atoms with Crippen molar-refractivity contribution in [3.8, 4) is 5.75 Å². The molecule has 0 saturated carbocycles. The maximum Gasteiger partial charge on any atom is 0.243 e. The molecule has 4 rings (SSSR count). The highest BCUT2D eigenvalue weighted by molar-refractivity contribution is 7.89. The second-order valence-corrected chi connectivity index (χ2v) is 9.41. The van der Waals surface area contributed by atoms with Gasteiger partial charge in [0.2, 0.25) is 16.0 Å². The summed E-state index contributed by atoms with van der Waals surface area (Å²) in [7, 11) is -2.08. The van der Waals surface area contributed by atoms with Gasteiger partial charge in [-0.1, -0.05) is 0 Å². The van der Waals surface area contributed by atoms with Gasteiger partial charge >= 0.3 is 0 Å². The molecule has 8 nitrogen and oxygen atoms in total. The molecule has 2 aromatic heterocycles. The lowest BCUT2D eigenvalue weighted by atomic mass is 10.1. The van der Waals surface area contributed by atoms with Crippen molar-refractivity contribution in [2.75, 3.05) is 19.0 Å². The zero-order valence-electron chi connectivity index (χ0n) is 17.7. The summed E-state index contributed by atoms with van der Waals surface area (Å²) < 4.78 is 33.1. The third-order valence-electron chi connectivity index (χ3n) is 5.24. The van der Waals surface area contributed by atoms with E-state index in [0.29, 0.717) is 18.2 Å². The number of pyridine rings is 1. The number of nitrogens with one attached hydrogen (secondary N) is 1. The van der Waals surface area contributed by atoms with Crippen LogP contribution in [0.2, 0.25) is 0 Å². The second kappa shape index (κ2) is 8.60. The van der Waals surface area contributed by atoms with Gasteiger partial charge in [0, 0.05) is 17.9 Å². The highest BCUT2D eigenvalue weighted by Crippen LogP contribution is 2.36. The molecule has 31 heavy (non-hydrogen) atoms. The van der Waals surface area contributed by atoms with E-state index < -0.39 is 10.0 Å². The van der Waals surface area contributed by atoms with E-state index in [1.54, 1.807) is 37.6 Å². The standard InChI is InChI=1S/C22H25N5O3S/c1-15-13-16(2)25-22(24-15)26-17-6-11-20(23-14-17)21-5-4-12-27(21)31(28,29)19-9-7-18(30-3)8-10-19/h6-11,13-14,21H,4-5,12H2,1-3H3,(H,24,25,26). The number of aromatic nitrogens is 3. The summed E-state index contributed by atoms with van der Waals surface area (Å²) in [5.41, 5.74) is 3.23. The number of rotatable bonds is 6. The van der Waals surface area contributed by atoms with Crippen molar-refractivity contribution in [3.63, 3.8) is 0 Å². The van der Waals surface area contributed by atoms with Gasteiger partial charge in [0.15, 0.2) is 0 Å². The highest BCUT2D eigenvalue weighted by Gasteiger charge is 2.36. The van der Waals surface area contributed by atoms with Crippen LogP contribution in [-0.2, 0) is 10.0 Å². The van der Waals surface area contributed by atoms with Gasteiger partial charge < -0.3 is 10.1 Å². The van der Waals surface area contributed by atoms with Gasteiger partial charge in [0.25, 0.3) is 0 Å². The summed E-state index contributed by atoms with van der Waals surface area (Å²) in [6, 6.07) is 11.8. The van der Waals surface area contributed by atoms with Crippen molar-refractivity contribution in [2.45, 2.75) is 37.6 Å². The number of methoxy groups -OCH3 is 1. The second-order valence-electron chi connectivity index (χ2n) is 7.52. The fourth-order valence-electron chi connectivity index (χ4n) is 3.79. The van der Waals surface area contributed by atoms with Gasteiger partial charge in [-0.2, -0.15) is 4.31 Å². The number of sulfonamides is 1. The third-order valence-corrected chi connectivity index (χ3v) is 7.16. The first-order valence-corrected chi connectivity index (χ1v) is 11.5. The Morgan fingerprint density at radius 1 is 1.06 bits per heavy atom. The van der Waals surface area contributed by atoms with E-state index in [4.69, 9.17) is 4.74 Å². The molecule has 3 aromatic rings. The van der Waals surface area contributed by atoms with Gasteiger partial charge in [-0.15, -0.1) is 0 Å². The van der Waals surface area contributed by atoms with E-state index in [2.05, 4.69) is 20.3 Å². The first kappa shape index (κ1) is 21.2. The topological polar surface area (TPSA) is 97.3 Å². The SMILES string of the molecule is COc1ccc(S(=O)(=O)N2CCCC2c2ccc(Nc3nc(C)cc(C)n3)cn2)cc1. The fraction of sp³-hybridized carbons (Fsp3) is 0.318. The molecule has 1 atom stereocenters. The highest BCUT2D eigenvalue weighted by atomic mass is 32.2. The Kier molecular flexibility index (Phi) is 5.88. The van der Waals surface area contributed by atoms with Crippen molar-refractivity contribution in [1.82, 2.24) is 19.3 Å².